The second-order valence-electron chi connectivity index (χ2n) is 6.61. The highest BCUT2D eigenvalue weighted by atomic mass is 32.2. The Kier molecular flexibility index (Phi) is 5.85. The molecule has 3 atom stereocenters. The van der Waals surface area contributed by atoms with E-state index in [4.69, 9.17) is 0 Å². The fraction of sp³-hybridized carbons (Fsp3) is 0.933. The molecule has 0 aromatic rings. The number of hydrogen-bond acceptors (Lipinski definition) is 4. The summed E-state index contributed by atoms with van der Waals surface area (Å²) in [5.41, 5.74) is 0. The molecule has 128 valence electrons. The third-order valence-corrected chi connectivity index (χ3v) is 6.21. The van der Waals surface area contributed by atoms with Gasteiger partial charge < -0.3 is 10.2 Å². The molecular weight excluding hydrogens is 302 g/mol. The van der Waals surface area contributed by atoms with Crippen molar-refractivity contribution in [3.05, 3.63) is 0 Å². The maximum absolute atomic E-state index is 12.4. The first-order valence-corrected chi connectivity index (χ1v) is 10.2. The standard InChI is InChI=1S/C15H29N3O3S/c1-4-13-11-18(22(3,20)21)10-7-14(13)16-12(2)15(19)17-8-5-6-9-17/h12-14,16H,4-11H2,1-3H3/t12-,13+,14+/m0/s1. The van der Waals surface area contributed by atoms with E-state index in [2.05, 4.69) is 12.2 Å². The Labute approximate surface area is 134 Å². The number of carbonyl (C=O) groups is 1. The van der Waals surface area contributed by atoms with E-state index < -0.39 is 10.0 Å². The fourth-order valence-corrected chi connectivity index (χ4v) is 4.44. The summed E-state index contributed by atoms with van der Waals surface area (Å²) in [5, 5.41) is 3.46. The summed E-state index contributed by atoms with van der Waals surface area (Å²) in [6.45, 7) is 6.84. The molecule has 0 saturated carbocycles. The van der Waals surface area contributed by atoms with Crippen LogP contribution in [0, 0.1) is 5.92 Å². The Balaban J connectivity index is 1.93. The number of nitrogens with one attached hydrogen (secondary N) is 1. The average molecular weight is 331 g/mol. The van der Waals surface area contributed by atoms with Gasteiger partial charge in [-0.3, -0.25) is 4.79 Å². The second kappa shape index (κ2) is 7.27. The number of carbonyl (C=O) groups excluding carboxylic acids is 1. The average Bonchev–Trinajstić information content (AvgIpc) is 2.99. The van der Waals surface area contributed by atoms with E-state index in [1.807, 2.05) is 11.8 Å². The van der Waals surface area contributed by atoms with Crippen molar-refractivity contribution in [1.29, 1.82) is 0 Å². The van der Waals surface area contributed by atoms with Gasteiger partial charge in [0.2, 0.25) is 15.9 Å². The first-order valence-electron chi connectivity index (χ1n) is 8.33. The van der Waals surface area contributed by atoms with Crippen LogP contribution in [0.5, 0.6) is 0 Å². The molecule has 2 fully saturated rings. The molecule has 0 unspecified atom stereocenters. The zero-order chi connectivity index (χ0) is 16.3. The van der Waals surface area contributed by atoms with Crippen molar-refractivity contribution in [3.8, 4) is 0 Å². The topological polar surface area (TPSA) is 69.7 Å². The van der Waals surface area contributed by atoms with Crippen molar-refractivity contribution >= 4 is 15.9 Å². The molecule has 2 aliphatic heterocycles. The van der Waals surface area contributed by atoms with E-state index in [0.717, 1.165) is 38.8 Å². The van der Waals surface area contributed by atoms with Crippen LogP contribution in [0.2, 0.25) is 0 Å². The first-order chi connectivity index (χ1) is 10.3. The smallest absolute Gasteiger partial charge is 0.239 e. The van der Waals surface area contributed by atoms with E-state index in [-0.39, 0.29) is 23.9 Å². The van der Waals surface area contributed by atoms with Crippen LogP contribution in [0.3, 0.4) is 0 Å². The summed E-state index contributed by atoms with van der Waals surface area (Å²) in [7, 11) is -3.12. The molecule has 2 aliphatic rings. The normalized spacial score (nSPS) is 28.8. The van der Waals surface area contributed by atoms with Crippen LogP contribution < -0.4 is 5.32 Å². The molecular formula is C15H29N3O3S. The van der Waals surface area contributed by atoms with E-state index in [9.17, 15) is 13.2 Å². The third kappa shape index (κ3) is 4.20. The Morgan fingerprint density at radius 3 is 2.45 bits per heavy atom. The minimum absolute atomic E-state index is 0.179. The highest BCUT2D eigenvalue weighted by Gasteiger charge is 2.34. The van der Waals surface area contributed by atoms with Gasteiger partial charge in [-0.05, 0) is 32.1 Å². The monoisotopic (exact) mass is 331 g/mol. The SMILES string of the molecule is CC[C@@H]1CN(S(C)(=O)=O)CC[C@H]1N[C@@H](C)C(=O)N1CCCC1. The lowest BCUT2D eigenvalue weighted by Crippen LogP contribution is -2.55. The summed E-state index contributed by atoms with van der Waals surface area (Å²) >= 11 is 0. The number of amides is 1. The van der Waals surface area contributed by atoms with E-state index >= 15 is 0 Å². The summed E-state index contributed by atoms with van der Waals surface area (Å²) in [4.78, 5) is 14.3. The van der Waals surface area contributed by atoms with Crippen LogP contribution in [0.4, 0.5) is 0 Å². The molecule has 0 spiro atoms. The van der Waals surface area contributed by atoms with Crippen LogP contribution >= 0.6 is 0 Å². The molecule has 0 aliphatic carbocycles. The molecule has 0 aromatic heterocycles. The zero-order valence-electron chi connectivity index (χ0n) is 13.9. The Hall–Kier alpha value is -0.660. The quantitative estimate of drug-likeness (QED) is 0.803. The zero-order valence-corrected chi connectivity index (χ0v) is 14.7. The summed E-state index contributed by atoms with van der Waals surface area (Å²) in [5.74, 6) is 0.440. The molecule has 1 N–H and O–H groups in total. The lowest BCUT2D eigenvalue weighted by molar-refractivity contribution is -0.132. The predicted octanol–water partition coefficient (Wildman–Crippen LogP) is 0.647. The van der Waals surface area contributed by atoms with Crippen molar-refractivity contribution in [2.24, 2.45) is 5.92 Å². The maximum Gasteiger partial charge on any atom is 0.239 e. The highest BCUT2D eigenvalue weighted by Crippen LogP contribution is 2.23. The molecule has 0 bridgehead atoms. The van der Waals surface area contributed by atoms with Gasteiger partial charge in [0.15, 0.2) is 0 Å². The molecule has 2 rings (SSSR count). The van der Waals surface area contributed by atoms with Crippen molar-refractivity contribution in [2.75, 3.05) is 32.4 Å². The minimum atomic E-state index is -3.12. The van der Waals surface area contributed by atoms with Crippen molar-refractivity contribution in [2.45, 2.75) is 51.6 Å². The molecule has 0 radical (unpaired) electrons. The second-order valence-corrected chi connectivity index (χ2v) is 8.59. The molecule has 7 heteroatoms. The highest BCUT2D eigenvalue weighted by molar-refractivity contribution is 7.88. The number of hydrogen-bond donors (Lipinski definition) is 1. The van der Waals surface area contributed by atoms with Crippen molar-refractivity contribution in [3.63, 3.8) is 0 Å². The van der Waals surface area contributed by atoms with Crippen molar-refractivity contribution < 1.29 is 13.2 Å². The molecule has 0 aromatic carbocycles. The minimum Gasteiger partial charge on any atom is -0.341 e. The van der Waals surface area contributed by atoms with Gasteiger partial charge >= 0.3 is 0 Å². The molecule has 1 amide bonds. The fourth-order valence-electron chi connectivity index (χ4n) is 3.54. The first kappa shape index (κ1) is 17.7. The van der Waals surface area contributed by atoms with Crippen LogP contribution in [-0.4, -0.2) is 68.0 Å². The van der Waals surface area contributed by atoms with Gasteiger partial charge in [0.05, 0.1) is 12.3 Å². The van der Waals surface area contributed by atoms with Gasteiger partial charge in [-0.15, -0.1) is 0 Å². The molecule has 2 saturated heterocycles. The van der Waals surface area contributed by atoms with Gasteiger partial charge in [-0.25, -0.2) is 12.7 Å². The van der Waals surface area contributed by atoms with Crippen LogP contribution in [0.25, 0.3) is 0 Å². The lowest BCUT2D eigenvalue weighted by atomic mass is 9.90. The largest absolute Gasteiger partial charge is 0.341 e. The number of sulfonamides is 1. The predicted molar refractivity (Wildman–Crippen MR) is 87.0 cm³/mol. The van der Waals surface area contributed by atoms with Gasteiger partial charge in [-0.2, -0.15) is 0 Å². The van der Waals surface area contributed by atoms with Gasteiger partial charge in [0, 0.05) is 32.2 Å². The molecule has 6 nitrogen and oxygen atoms in total. The van der Waals surface area contributed by atoms with Gasteiger partial charge in [0.1, 0.15) is 0 Å². The van der Waals surface area contributed by atoms with E-state index in [1.54, 1.807) is 4.31 Å². The number of rotatable bonds is 5. The van der Waals surface area contributed by atoms with Crippen LogP contribution in [0.1, 0.15) is 39.5 Å². The Bertz CT molecular complexity index is 488. The Morgan fingerprint density at radius 2 is 1.91 bits per heavy atom. The number of likely N-dealkylation sites (tertiary alicyclic amines) is 1. The Morgan fingerprint density at radius 1 is 1.27 bits per heavy atom. The summed E-state index contributed by atoms with van der Waals surface area (Å²) in [6.07, 6.45) is 5.15. The maximum atomic E-state index is 12.4. The summed E-state index contributed by atoms with van der Waals surface area (Å²) in [6, 6.07) is 0.0199. The van der Waals surface area contributed by atoms with Crippen molar-refractivity contribution in [1.82, 2.24) is 14.5 Å². The third-order valence-electron chi connectivity index (χ3n) is 4.94. The number of nitrogens with zero attached hydrogens (tertiary/aromatic N) is 2. The van der Waals surface area contributed by atoms with Crippen LogP contribution in [0.15, 0.2) is 0 Å². The van der Waals surface area contributed by atoms with E-state index in [1.165, 1.54) is 6.26 Å². The van der Waals surface area contributed by atoms with Gasteiger partial charge in [0.25, 0.3) is 0 Å². The molecule has 22 heavy (non-hydrogen) atoms. The summed E-state index contributed by atoms with van der Waals surface area (Å²) < 4.78 is 25.0. The van der Waals surface area contributed by atoms with Crippen LogP contribution in [-0.2, 0) is 14.8 Å². The molecule has 2 heterocycles. The number of piperidine rings is 1. The van der Waals surface area contributed by atoms with E-state index in [0.29, 0.717) is 13.1 Å². The lowest BCUT2D eigenvalue weighted by Gasteiger charge is -2.39. The van der Waals surface area contributed by atoms with Gasteiger partial charge in [-0.1, -0.05) is 13.3 Å².